The summed E-state index contributed by atoms with van der Waals surface area (Å²) in [5.41, 5.74) is 3.60. The van der Waals surface area contributed by atoms with Crippen LogP contribution in [-0.2, 0) is 11.3 Å². The van der Waals surface area contributed by atoms with E-state index in [0.717, 1.165) is 31.2 Å². The van der Waals surface area contributed by atoms with Crippen molar-refractivity contribution in [1.29, 1.82) is 0 Å². The Morgan fingerprint density at radius 3 is 2.40 bits per heavy atom. The van der Waals surface area contributed by atoms with E-state index in [1.54, 1.807) is 0 Å². The fourth-order valence-corrected chi connectivity index (χ4v) is 2.96. The fraction of sp³-hybridized carbons (Fsp3) is 0.261. The Hall–Kier alpha value is -2.79. The second kappa shape index (κ2) is 8.89. The zero-order valence-electron chi connectivity index (χ0n) is 14.4. The van der Waals surface area contributed by atoms with E-state index >= 15 is 0 Å². The topological polar surface area (TPSA) is 20.3 Å². The van der Waals surface area contributed by atoms with Crippen LogP contribution >= 0.6 is 0 Å². The Bertz CT molecular complexity index is 781. The number of allylic oxidation sites excluding steroid dienone is 1. The first-order valence-corrected chi connectivity index (χ1v) is 8.88. The van der Waals surface area contributed by atoms with Crippen molar-refractivity contribution in [2.24, 2.45) is 0 Å². The van der Waals surface area contributed by atoms with Gasteiger partial charge in [-0.15, -0.1) is 0 Å². The summed E-state index contributed by atoms with van der Waals surface area (Å²) in [6, 6.07) is 20.2. The molecule has 0 spiro atoms. The first-order chi connectivity index (χ1) is 12.3. The SMILES string of the molecule is O=C1CCC(CCCC#Cc2ccccc2)=CN1Cc1ccccc1. The molecule has 2 aromatic rings. The molecule has 1 aliphatic rings. The van der Waals surface area contributed by atoms with Crippen LogP contribution in [0.5, 0.6) is 0 Å². The summed E-state index contributed by atoms with van der Waals surface area (Å²) in [6.07, 6.45) is 6.51. The normalized spacial score (nSPS) is 13.8. The minimum Gasteiger partial charge on any atom is -0.315 e. The van der Waals surface area contributed by atoms with E-state index < -0.39 is 0 Å². The van der Waals surface area contributed by atoms with Gasteiger partial charge >= 0.3 is 0 Å². The lowest BCUT2D eigenvalue weighted by Gasteiger charge is -2.25. The van der Waals surface area contributed by atoms with E-state index in [2.05, 4.69) is 30.2 Å². The quantitative estimate of drug-likeness (QED) is 0.563. The number of nitrogens with zero attached hydrogens (tertiary/aromatic N) is 1. The van der Waals surface area contributed by atoms with Gasteiger partial charge in [-0.3, -0.25) is 4.79 Å². The zero-order chi connectivity index (χ0) is 17.3. The highest BCUT2D eigenvalue weighted by atomic mass is 16.2. The maximum absolute atomic E-state index is 12.1. The molecule has 0 saturated carbocycles. The summed E-state index contributed by atoms with van der Waals surface area (Å²) < 4.78 is 0. The summed E-state index contributed by atoms with van der Waals surface area (Å²) in [5, 5.41) is 0. The Kier molecular flexibility index (Phi) is 6.06. The van der Waals surface area contributed by atoms with Crippen molar-refractivity contribution in [2.45, 2.75) is 38.6 Å². The van der Waals surface area contributed by atoms with E-state index in [4.69, 9.17) is 0 Å². The van der Waals surface area contributed by atoms with Crippen LogP contribution in [-0.4, -0.2) is 10.8 Å². The fourth-order valence-electron chi connectivity index (χ4n) is 2.96. The van der Waals surface area contributed by atoms with Gasteiger partial charge in [0, 0.05) is 24.6 Å². The van der Waals surface area contributed by atoms with Crippen molar-refractivity contribution in [3.05, 3.63) is 83.6 Å². The molecule has 3 rings (SSSR count). The van der Waals surface area contributed by atoms with Gasteiger partial charge in [-0.05, 0) is 37.0 Å². The molecule has 2 nitrogen and oxygen atoms in total. The molecular formula is C23H23NO. The molecule has 0 N–H and O–H groups in total. The molecule has 0 saturated heterocycles. The number of carbonyl (C=O) groups excluding carboxylic acids is 1. The second-order valence-corrected chi connectivity index (χ2v) is 6.32. The molecule has 1 amide bonds. The molecule has 2 heteroatoms. The summed E-state index contributed by atoms with van der Waals surface area (Å²) in [6.45, 7) is 0.664. The summed E-state index contributed by atoms with van der Waals surface area (Å²) in [4.78, 5) is 14.0. The molecule has 0 fully saturated rings. The van der Waals surface area contributed by atoms with E-state index in [-0.39, 0.29) is 5.91 Å². The Labute approximate surface area is 150 Å². The van der Waals surface area contributed by atoms with Crippen LogP contribution in [0, 0.1) is 11.8 Å². The summed E-state index contributed by atoms with van der Waals surface area (Å²) >= 11 is 0. The number of unbranched alkanes of at least 4 members (excludes halogenated alkanes) is 1. The van der Waals surface area contributed by atoms with Gasteiger partial charge < -0.3 is 4.90 Å². The Morgan fingerprint density at radius 1 is 0.920 bits per heavy atom. The Morgan fingerprint density at radius 2 is 1.64 bits per heavy atom. The van der Waals surface area contributed by atoms with Crippen molar-refractivity contribution < 1.29 is 4.79 Å². The maximum atomic E-state index is 12.1. The van der Waals surface area contributed by atoms with Gasteiger partial charge in [-0.1, -0.05) is 65.9 Å². The highest BCUT2D eigenvalue weighted by Gasteiger charge is 2.18. The van der Waals surface area contributed by atoms with Crippen molar-refractivity contribution in [3.8, 4) is 11.8 Å². The number of amides is 1. The third-order valence-corrected chi connectivity index (χ3v) is 4.32. The lowest BCUT2D eigenvalue weighted by molar-refractivity contribution is -0.129. The van der Waals surface area contributed by atoms with Crippen molar-refractivity contribution >= 4 is 5.91 Å². The van der Waals surface area contributed by atoms with Crippen LogP contribution in [0.4, 0.5) is 0 Å². The van der Waals surface area contributed by atoms with Gasteiger partial charge in [-0.25, -0.2) is 0 Å². The third kappa shape index (κ3) is 5.36. The van der Waals surface area contributed by atoms with Crippen molar-refractivity contribution in [1.82, 2.24) is 4.90 Å². The molecule has 0 radical (unpaired) electrons. The average molecular weight is 329 g/mol. The van der Waals surface area contributed by atoms with Crippen LogP contribution in [0.15, 0.2) is 72.4 Å². The van der Waals surface area contributed by atoms with Crippen LogP contribution in [0.2, 0.25) is 0 Å². The van der Waals surface area contributed by atoms with Gasteiger partial charge in [0.25, 0.3) is 0 Å². The smallest absolute Gasteiger partial charge is 0.227 e. The zero-order valence-corrected chi connectivity index (χ0v) is 14.4. The number of carbonyl (C=O) groups is 1. The predicted octanol–water partition coefficient (Wildman–Crippen LogP) is 4.91. The molecule has 25 heavy (non-hydrogen) atoms. The van der Waals surface area contributed by atoms with E-state index in [1.807, 2.05) is 53.4 Å². The number of hydrogen-bond acceptors (Lipinski definition) is 1. The molecule has 1 aliphatic heterocycles. The van der Waals surface area contributed by atoms with Crippen LogP contribution in [0.1, 0.15) is 43.2 Å². The molecule has 0 unspecified atom stereocenters. The summed E-state index contributed by atoms with van der Waals surface area (Å²) in [5.74, 6) is 6.66. The molecule has 1 heterocycles. The summed E-state index contributed by atoms with van der Waals surface area (Å²) in [7, 11) is 0. The largest absolute Gasteiger partial charge is 0.315 e. The minimum atomic E-state index is 0.219. The molecule has 126 valence electrons. The highest BCUT2D eigenvalue weighted by molar-refractivity contribution is 5.78. The lowest BCUT2D eigenvalue weighted by Crippen LogP contribution is -2.28. The molecule has 2 aromatic carbocycles. The predicted molar refractivity (Wildman–Crippen MR) is 101 cm³/mol. The first-order valence-electron chi connectivity index (χ1n) is 8.88. The van der Waals surface area contributed by atoms with Crippen molar-refractivity contribution in [2.75, 3.05) is 0 Å². The Balaban J connectivity index is 1.51. The lowest BCUT2D eigenvalue weighted by atomic mass is 10.0. The molecule has 0 aromatic heterocycles. The molecular weight excluding hydrogens is 306 g/mol. The van der Waals surface area contributed by atoms with E-state index in [1.165, 1.54) is 11.1 Å². The van der Waals surface area contributed by atoms with E-state index in [0.29, 0.717) is 13.0 Å². The van der Waals surface area contributed by atoms with Crippen molar-refractivity contribution in [3.63, 3.8) is 0 Å². The van der Waals surface area contributed by atoms with Gasteiger partial charge in [-0.2, -0.15) is 0 Å². The van der Waals surface area contributed by atoms with Gasteiger partial charge in [0.2, 0.25) is 5.91 Å². The van der Waals surface area contributed by atoms with Crippen LogP contribution in [0.3, 0.4) is 0 Å². The molecule has 0 atom stereocenters. The third-order valence-electron chi connectivity index (χ3n) is 4.32. The number of hydrogen-bond donors (Lipinski definition) is 0. The monoisotopic (exact) mass is 329 g/mol. The number of benzene rings is 2. The number of rotatable bonds is 5. The minimum absolute atomic E-state index is 0.219. The first kappa shape index (κ1) is 17.0. The van der Waals surface area contributed by atoms with Crippen LogP contribution < -0.4 is 0 Å². The molecule has 0 bridgehead atoms. The maximum Gasteiger partial charge on any atom is 0.227 e. The van der Waals surface area contributed by atoms with Gasteiger partial charge in [0.1, 0.15) is 0 Å². The van der Waals surface area contributed by atoms with Gasteiger partial charge in [0.05, 0.1) is 6.54 Å². The second-order valence-electron chi connectivity index (χ2n) is 6.32. The van der Waals surface area contributed by atoms with Crippen LogP contribution in [0.25, 0.3) is 0 Å². The molecule has 0 aliphatic carbocycles. The van der Waals surface area contributed by atoms with E-state index in [9.17, 15) is 4.79 Å². The highest BCUT2D eigenvalue weighted by Crippen LogP contribution is 2.22. The standard InChI is InChI=1S/C23H23NO/c25-23-17-16-22(19-24(23)18-21-13-7-3-8-14-21)15-9-2-6-12-20-10-4-1-5-11-20/h1,3-5,7-8,10-11,13-14,19H,2,9,15-18H2. The average Bonchev–Trinajstić information content (AvgIpc) is 2.66. The van der Waals surface area contributed by atoms with Gasteiger partial charge in [0.15, 0.2) is 0 Å².